The van der Waals surface area contributed by atoms with Gasteiger partial charge in [-0.1, -0.05) is 11.6 Å². The van der Waals surface area contributed by atoms with Crippen LogP contribution >= 0.6 is 11.6 Å². The van der Waals surface area contributed by atoms with Gasteiger partial charge in [0.15, 0.2) is 10.2 Å². The Morgan fingerprint density at radius 3 is 2.40 bits per heavy atom. The summed E-state index contributed by atoms with van der Waals surface area (Å²) in [6.45, 7) is 0. The van der Waals surface area contributed by atoms with E-state index >= 15 is 0 Å². The van der Waals surface area contributed by atoms with E-state index in [0.29, 0.717) is 6.07 Å². The van der Waals surface area contributed by atoms with Gasteiger partial charge in [-0.2, -0.15) is 0 Å². The molecule has 0 fully saturated rings. The van der Waals surface area contributed by atoms with Crippen molar-refractivity contribution in [2.45, 2.75) is 11.5 Å². The summed E-state index contributed by atoms with van der Waals surface area (Å²) >= 11 is 5.38. The van der Waals surface area contributed by atoms with Gasteiger partial charge >= 0.3 is 0 Å². The van der Waals surface area contributed by atoms with Crippen LogP contribution in [-0.4, -0.2) is 13.4 Å². The lowest BCUT2D eigenvalue weighted by Crippen LogP contribution is -2.15. The predicted molar refractivity (Wildman–Crippen MR) is 50.0 cm³/mol. The first-order chi connectivity index (χ1) is 6.73. The SMILES string of the molecule is Nc1c(C(F)F)cc(S(N)(=O)=O)nc1Cl. The number of alkyl halides is 2. The minimum Gasteiger partial charge on any atom is -0.396 e. The highest BCUT2D eigenvalue weighted by atomic mass is 35.5. The van der Waals surface area contributed by atoms with E-state index in [9.17, 15) is 17.2 Å². The highest BCUT2D eigenvalue weighted by Crippen LogP contribution is 2.30. The standard InChI is InChI=1S/C6H6ClF2N3O2S/c7-5-4(10)2(6(8)9)1-3(12-5)15(11,13)14/h1,6H,10H2,(H2,11,13,14). The van der Waals surface area contributed by atoms with Crippen LogP contribution in [-0.2, 0) is 10.0 Å². The summed E-state index contributed by atoms with van der Waals surface area (Å²) in [5, 5.41) is 3.45. The molecule has 0 aromatic carbocycles. The van der Waals surface area contributed by atoms with Crippen LogP contribution in [0.2, 0.25) is 5.15 Å². The third kappa shape index (κ3) is 2.52. The summed E-state index contributed by atoms with van der Waals surface area (Å²) in [5.41, 5.74) is 4.02. The van der Waals surface area contributed by atoms with Crippen molar-refractivity contribution in [3.05, 3.63) is 16.8 Å². The molecule has 0 atom stereocenters. The summed E-state index contributed by atoms with van der Waals surface area (Å²) in [5.74, 6) is 0. The fraction of sp³-hybridized carbons (Fsp3) is 0.167. The number of pyridine rings is 1. The predicted octanol–water partition coefficient (Wildman–Crippen LogP) is 0.902. The summed E-state index contributed by atoms with van der Waals surface area (Å²) in [7, 11) is -4.18. The second-order valence-corrected chi connectivity index (χ2v) is 4.47. The molecule has 4 N–H and O–H groups in total. The summed E-state index contributed by atoms with van der Waals surface area (Å²) in [6.07, 6.45) is -2.95. The van der Waals surface area contributed by atoms with Crippen LogP contribution in [0, 0.1) is 0 Å². The van der Waals surface area contributed by atoms with Gasteiger partial charge in [0.25, 0.3) is 16.4 Å². The van der Waals surface area contributed by atoms with Crippen LogP contribution in [0.15, 0.2) is 11.1 Å². The van der Waals surface area contributed by atoms with Crippen molar-refractivity contribution in [2.75, 3.05) is 5.73 Å². The molecule has 0 spiro atoms. The molecular formula is C6H6ClF2N3O2S. The van der Waals surface area contributed by atoms with Crippen LogP contribution in [0.25, 0.3) is 0 Å². The number of hydrogen-bond acceptors (Lipinski definition) is 4. The monoisotopic (exact) mass is 257 g/mol. The molecule has 0 unspecified atom stereocenters. The van der Waals surface area contributed by atoms with Crippen LogP contribution in [0.1, 0.15) is 12.0 Å². The average molecular weight is 258 g/mol. The maximum Gasteiger partial charge on any atom is 0.266 e. The molecule has 1 aromatic heterocycles. The number of anilines is 1. The maximum atomic E-state index is 12.4. The fourth-order valence-electron chi connectivity index (χ4n) is 0.845. The van der Waals surface area contributed by atoms with Gasteiger partial charge in [0.1, 0.15) is 0 Å². The number of rotatable bonds is 2. The van der Waals surface area contributed by atoms with Gasteiger partial charge in [-0.15, -0.1) is 0 Å². The third-order valence-electron chi connectivity index (χ3n) is 1.55. The molecule has 0 bridgehead atoms. The Morgan fingerprint density at radius 1 is 1.47 bits per heavy atom. The zero-order valence-corrected chi connectivity index (χ0v) is 8.69. The lowest BCUT2D eigenvalue weighted by molar-refractivity contribution is 0.152. The molecule has 0 saturated heterocycles. The number of sulfonamides is 1. The molecule has 9 heteroatoms. The lowest BCUT2D eigenvalue weighted by Gasteiger charge is -2.07. The van der Waals surface area contributed by atoms with Crippen molar-refractivity contribution in [1.82, 2.24) is 4.98 Å². The molecule has 84 valence electrons. The highest BCUT2D eigenvalue weighted by molar-refractivity contribution is 7.89. The quantitative estimate of drug-likeness (QED) is 0.769. The van der Waals surface area contributed by atoms with Crippen molar-refractivity contribution in [1.29, 1.82) is 0 Å². The van der Waals surface area contributed by atoms with Crippen LogP contribution in [0.4, 0.5) is 14.5 Å². The maximum absolute atomic E-state index is 12.4. The van der Waals surface area contributed by atoms with E-state index in [4.69, 9.17) is 22.5 Å². The summed E-state index contributed by atoms with van der Waals surface area (Å²) in [4.78, 5) is 3.28. The number of nitrogens with two attached hydrogens (primary N) is 2. The molecular weight excluding hydrogens is 252 g/mol. The Morgan fingerprint density at radius 2 is 2.00 bits per heavy atom. The van der Waals surface area contributed by atoms with Gasteiger partial charge in [0, 0.05) is 5.56 Å². The number of primary sulfonamides is 1. The van der Waals surface area contributed by atoms with Gasteiger partial charge in [-0.25, -0.2) is 27.3 Å². The lowest BCUT2D eigenvalue weighted by atomic mass is 10.2. The minimum atomic E-state index is -4.18. The molecule has 0 aliphatic rings. The van der Waals surface area contributed by atoms with Crippen LogP contribution in [0.5, 0.6) is 0 Å². The van der Waals surface area contributed by atoms with E-state index in [2.05, 4.69) is 4.98 Å². The van der Waals surface area contributed by atoms with Crippen LogP contribution in [0.3, 0.4) is 0 Å². The molecule has 0 aliphatic heterocycles. The Balaban J connectivity index is 3.50. The van der Waals surface area contributed by atoms with Crippen molar-refractivity contribution >= 4 is 27.3 Å². The van der Waals surface area contributed by atoms with Gasteiger partial charge in [-0.05, 0) is 6.07 Å². The van der Waals surface area contributed by atoms with E-state index < -0.39 is 37.9 Å². The van der Waals surface area contributed by atoms with E-state index in [1.165, 1.54) is 0 Å². The Bertz CT molecular complexity index is 491. The van der Waals surface area contributed by atoms with Crippen molar-refractivity contribution < 1.29 is 17.2 Å². The molecule has 15 heavy (non-hydrogen) atoms. The second-order valence-electron chi connectivity index (χ2n) is 2.60. The molecule has 0 amide bonds. The zero-order valence-electron chi connectivity index (χ0n) is 7.12. The van der Waals surface area contributed by atoms with Gasteiger partial charge in [0.2, 0.25) is 0 Å². The van der Waals surface area contributed by atoms with E-state index in [1.807, 2.05) is 0 Å². The number of halogens is 3. The van der Waals surface area contributed by atoms with Gasteiger partial charge < -0.3 is 5.73 Å². The molecule has 5 nitrogen and oxygen atoms in total. The first-order valence-electron chi connectivity index (χ1n) is 3.50. The largest absolute Gasteiger partial charge is 0.396 e. The fourth-order valence-corrected chi connectivity index (χ4v) is 1.61. The second kappa shape index (κ2) is 3.87. The minimum absolute atomic E-state index is 0.459. The number of hydrogen-bond donors (Lipinski definition) is 2. The number of nitrogens with zero attached hydrogens (tertiary/aromatic N) is 1. The molecule has 1 aromatic rings. The molecule has 0 radical (unpaired) electrons. The van der Waals surface area contributed by atoms with E-state index in [-0.39, 0.29) is 0 Å². The van der Waals surface area contributed by atoms with E-state index in [1.54, 1.807) is 0 Å². The molecule has 1 rings (SSSR count). The van der Waals surface area contributed by atoms with Crippen molar-refractivity contribution in [2.24, 2.45) is 5.14 Å². The van der Waals surface area contributed by atoms with Crippen molar-refractivity contribution in [3.63, 3.8) is 0 Å². The topological polar surface area (TPSA) is 99.1 Å². The molecule has 0 aliphatic carbocycles. The smallest absolute Gasteiger partial charge is 0.266 e. The van der Waals surface area contributed by atoms with E-state index in [0.717, 1.165) is 0 Å². The van der Waals surface area contributed by atoms with Gasteiger partial charge in [0.05, 0.1) is 5.69 Å². The van der Waals surface area contributed by atoms with Crippen molar-refractivity contribution in [3.8, 4) is 0 Å². The Kier molecular flexibility index (Phi) is 3.12. The number of nitrogen functional groups attached to an aromatic ring is 1. The molecule has 0 saturated carbocycles. The normalized spacial score (nSPS) is 12.1. The Hall–Kier alpha value is -0.990. The van der Waals surface area contributed by atoms with Gasteiger partial charge in [-0.3, -0.25) is 0 Å². The zero-order chi connectivity index (χ0) is 11.8. The first kappa shape index (κ1) is 12.1. The Labute approximate surface area is 89.1 Å². The molecule has 1 heterocycles. The number of aromatic nitrogens is 1. The average Bonchev–Trinajstić information content (AvgIpc) is 2.06. The summed E-state index contributed by atoms with van der Waals surface area (Å²) in [6, 6.07) is 0.598. The first-order valence-corrected chi connectivity index (χ1v) is 5.42. The van der Waals surface area contributed by atoms with Crippen LogP contribution < -0.4 is 10.9 Å². The third-order valence-corrected chi connectivity index (χ3v) is 2.63. The highest BCUT2D eigenvalue weighted by Gasteiger charge is 2.20. The summed E-state index contributed by atoms with van der Waals surface area (Å²) < 4.78 is 46.4.